The van der Waals surface area contributed by atoms with Crippen LogP contribution >= 0.6 is 11.6 Å². The summed E-state index contributed by atoms with van der Waals surface area (Å²) in [5.41, 5.74) is 1.03. The van der Waals surface area contributed by atoms with Gasteiger partial charge in [0.2, 0.25) is 5.91 Å². The Balaban J connectivity index is 1.78. The lowest BCUT2D eigenvalue weighted by molar-refractivity contribution is -0.123. The minimum atomic E-state index is 0.0891. The Labute approximate surface area is 126 Å². The number of piperidine rings is 1. The van der Waals surface area contributed by atoms with E-state index in [1.165, 1.54) is 6.42 Å². The molecule has 1 N–H and O–H groups in total. The zero-order chi connectivity index (χ0) is 14.5. The van der Waals surface area contributed by atoms with E-state index in [1.807, 2.05) is 24.3 Å². The average Bonchev–Trinajstić information content (AvgIpc) is 2.35. The molecule has 1 aliphatic heterocycles. The van der Waals surface area contributed by atoms with Crippen LogP contribution in [0.3, 0.4) is 0 Å². The molecule has 0 spiro atoms. The quantitative estimate of drug-likeness (QED) is 0.926. The predicted molar refractivity (Wildman–Crippen MR) is 82.7 cm³/mol. The van der Waals surface area contributed by atoms with Crippen LogP contribution in [0.5, 0.6) is 0 Å². The molecule has 0 aromatic heterocycles. The number of halogens is 1. The zero-order valence-electron chi connectivity index (χ0n) is 12.2. The summed E-state index contributed by atoms with van der Waals surface area (Å²) >= 11 is 5.93. The van der Waals surface area contributed by atoms with Gasteiger partial charge in [-0.15, -0.1) is 0 Å². The Bertz CT molecular complexity index is 454. The molecule has 2 atom stereocenters. The molecule has 0 saturated carbocycles. The highest BCUT2D eigenvalue weighted by Crippen LogP contribution is 2.20. The van der Waals surface area contributed by atoms with Crippen LogP contribution in [0.25, 0.3) is 0 Å². The van der Waals surface area contributed by atoms with Crippen LogP contribution in [0, 0.1) is 11.8 Å². The summed E-state index contributed by atoms with van der Waals surface area (Å²) in [4.78, 5) is 14.3. The number of benzene rings is 1. The van der Waals surface area contributed by atoms with E-state index in [9.17, 15) is 4.79 Å². The average molecular weight is 295 g/mol. The van der Waals surface area contributed by atoms with Gasteiger partial charge < -0.3 is 5.32 Å². The summed E-state index contributed by atoms with van der Waals surface area (Å²) in [5, 5.41) is 3.67. The maximum atomic E-state index is 12.0. The largest absolute Gasteiger partial charge is 0.351 e. The van der Waals surface area contributed by atoms with Gasteiger partial charge in [-0.2, -0.15) is 0 Å². The summed E-state index contributed by atoms with van der Waals surface area (Å²) < 4.78 is 0. The van der Waals surface area contributed by atoms with Crippen molar-refractivity contribution < 1.29 is 4.79 Å². The standard InChI is InChI=1S/C16H23ClN2O/c1-12-6-13(2)10-19(9-12)11-16(20)18-8-14-4-3-5-15(17)7-14/h3-5,7,12-13H,6,8-11H2,1-2H3,(H,18,20). The first-order chi connectivity index (χ1) is 9.52. The van der Waals surface area contributed by atoms with Crippen molar-refractivity contribution in [2.75, 3.05) is 19.6 Å². The van der Waals surface area contributed by atoms with Gasteiger partial charge in [0.1, 0.15) is 0 Å². The second-order valence-corrected chi connectivity index (χ2v) is 6.48. The van der Waals surface area contributed by atoms with E-state index in [-0.39, 0.29) is 5.91 Å². The Morgan fingerprint density at radius 3 is 2.70 bits per heavy atom. The van der Waals surface area contributed by atoms with Gasteiger partial charge in [-0.3, -0.25) is 9.69 Å². The van der Waals surface area contributed by atoms with Crippen molar-refractivity contribution in [3.63, 3.8) is 0 Å². The third kappa shape index (κ3) is 4.80. The lowest BCUT2D eigenvalue weighted by Gasteiger charge is -2.34. The molecule has 1 aromatic carbocycles. The number of amides is 1. The molecule has 1 fully saturated rings. The van der Waals surface area contributed by atoms with Gasteiger partial charge in [0.25, 0.3) is 0 Å². The number of carbonyl (C=O) groups is 1. The second kappa shape index (κ2) is 7.09. The van der Waals surface area contributed by atoms with Crippen LogP contribution in [0.1, 0.15) is 25.8 Å². The summed E-state index contributed by atoms with van der Waals surface area (Å²) in [6.45, 7) is 7.59. The molecule has 0 radical (unpaired) electrons. The summed E-state index contributed by atoms with van der Waals surface area (Å²) in [6.07, 6.45) is 1.26. The molecule has 20 heavy (non-hydrogen) atoms. The molecule has 2 unspecified atom stereocenters. The highest BCUT2D eigenvalue weighted by Gasteiger charge is 2.23. The molecule has 1 saturated heterocycles. The first kappa shape index (κ1) is 15.3. The minimum absolute atomic E-state index is 0.0891. The van der Waals surface area contributed by atoms with Gasteiger partial charge in [0.15, 0.2) is 0 Å². The molecule has 1 amide bonds. The van der Waals surface area contributed by atoms with Crippen molar-refractivity contribution >= 4 is 17.5 Å². The number of hydrogen-bond acceptors (Lipinski definition) is 2. The highest BCUT2D eigenvalue weighted by atomic mass is 35.5. The Morgan fingerprint density at radius 1 is 1.35 bits per heavy atom. The molecule has 1 aromatic rings. The highest BCUT2D eigenvalue weighted by molar-refractivity contribution is 6.30. The first-order valence-corrected chi connectivity index (χ1v) is 7.64. The van der Waals surface area contributed by atoms with Crippen LogP contribution in [0.15, 0.2) is 24.3 Å². The fraction of sp³-hybridized carbons (Fsp3) is 0.562. The number of rotatable bonds is 4. The SMILES string of the molecule is CC1CC(C)CN(CC(=O)NCc2cccc(Cl)c2)C1. The number of likely N-dealkylation sites (tertiary alicyclic amines) is 1. The lowest BCUT2D eigenvalue weighted by Crippen LogP contribution is -2.44. The normalized spacial score (nSPS) is 23.6. The van der Waals surface area contributed by atoms with E-state index in [2.05, 4.69) is 24.1 Å². The molecular weight excluding hydrogens is 272 g/mol. The van der Waals surface area contributed by atoms with Crippen LogP contribution in [0.2, 0.25) is 5.02 Å². The number of nitrogens with zero attached hydrogens (tertiary/aromatic N) is 1. The molecule has 4 heteroatoms. The monoisotopic (exact) mass is 294 g/mol. The van der Waals surface area contributed by atoms with Gasteiger partial charge in [-0.1, -0.05) is 37.6 Å². The van der Waals surface area contributed by atoms with Gasteiger partial charge in [0.05, 0.1) is 6.54 Å². The summed E-state index contributed by atoms with van der Waals surface area (Å²) in [5.74, 6) is 1.45. The Morgan fingerprint density at radius 2 is 2.05 bits per heavy atom. The van der Waals surface area contributed by atoms with Gasteiger partial charge >= 0.3 is 0 Å². The number of carbonyl (C=O) groups excluding carboxylic acids is 1. The van der Waals surface area contributed by atoms with Crippen molar-refractivity contribution in [3.05, 3.63) is 34.9 Å². The Kier molecular flexibility index (Phi) is 5.44. The first-order valence-electron chi connectivity index (χ1n) is 7.26. The third-order valence-electron chi connectivity index (χ3n) is 3.69. The van der Waals surface area contributed by atoms with Crippen molar-refractivity contribution in [3.8, 4) is 0 Å². The van der Waals surface area contributed by atoms with Gasteiger partial charge in [-0.25, -0.2) is 0 Å². The van der Waals surface area contributed by atoms with E-state index in [0.29, 0.717) is 29.9 Å². The molecule has 3 nitrogen and oxygen atoms in total. The van der Waals surface area contributed by atoms with Crippen LogP contribution in [0.4, 0.5) is 0 Å². The maximum absolute atomic E-state index is 12.0. The molecule has 2 rings (SSSR count). The third-order valence-corrected chi connectivity index (χ3v) is 3.93. The van der Waals surface area contributed by atoms with Crippen LogP contribution < -0.4 is 5.32 Å². The summed E-state index contributed by atoms with van der Waals surface area (Å²) in [6, 6.07) is 7.59. The summed E-state index contributed by atoms with van der Waals surface area (Å²) in [7, 11) is 0. The van der Waals surface area contributed by atoms with Crippen molar-refractivity contribution in [1.29, 1.82) is 0 Å². The predicted octanol–water partition coefficient (Wildman–Crippen LogP) is 2.93. The van der Waals surface area contributed by atoms with E-state index in [1.54, 1.807) is 0 Å². The Hall–Kier alpha value is -1.06. The van der Waals surface area contributed by atoms with Crippen molar-refractivity contribution in [2.45, 2.75) is 26.8 Å². The molecule has 110 valence electrons. The fourth-order valence-corrected chi connectivity index (χ4v) is 3.24. The molecular formula is C16H23ClN2O. The molecule has 1 aliphatic rings. The van der Waals surface area contributed by atoms with Gasteiger partial charge in [-0.05, 0) is 36.0 Å². The maximum Gasteiger partial charge on any atom is 0.234 e. The molecule has 0 aliphatic carbocycles. The van der Waals surface area contributed by atoms with E-state index in [4.69, 9.17) is 11.6 Å². The zero-order valence-corrected chi connectivity index (χ0v) is 13.0. The fourth-order valence-electron chi connectivity index (χ4n) is 3.03. The lowest BCUT2D eigenvalue weighted by atomic mass is 9.92. The van der Waals surface area contributed by atoms with Gasteiger partial charge in [0, 0.05) is 24.7 Å². The van der Waals surface area contributed by atoms with Crippen LogP contribution in [-0.2, 0) is 11.3 Å². The topological polar surface area (TPSA) is 32.3 Å². The smallest absolute Gasteiger partial charge is 0.234 e. The number of hydrogen-bond donors (Lipinski definition) is 1. The molecule has 1 heterocycles. The van der Waals surface area contributed by atoms with E-state index in [0.717, 1.165) is 18.7 Å². The van der Waals surface area contributed by atoms with Crippen LogP contribution in [-0.4, -0.2) is 30.4 Å². The minimum Gasteiger partial charge on any atom is -0.351 e. The second-order valence-electron chi connectivity index (χ2n) is 6.05. The van der Waals surface area contributed by atoms with Crippen molar-refractivity contribution in [1.82, 2.24) is 10.2 Å². The number of nitrogens with one attached hydrogen (secondary N) is 1. The van der Waals surface area contributed by atoms with Crippen molar-refractivity contribution in [2.24, 2.45) is 11.8 Å². The van der Waals surface area contributed by atoms with E-state index >= 15 is 0 Å². The molecule has 0 bridgehead atoms. The van der Waals surface area contributed by atoms with E-state index < -0.39 is 0 Å².